The molecule has 3 atom stereocenters. The van der Waals surface area contributed by atoms with Gasteiger partial charge in [0.05, 0.1) is 6.10 Å². The highest BCUT2D eigenvalue weighted by Crippen LogP contribution is 2.39. The first-order valence-electron chi connectivity index (χ1n) is 7.56. The summed E-state index contributed by atoms with van der Waals surface area (Å²) < 4.78 is 35.4. The van der Waals surface area contributed by atoms with Crippen LogP contribution in [0.5, 0.6) is 5.75 Å². The highest BCUT2D eigenvalue weighted by Gasteiger charge is 2.41. The van der Waals surface area contributed by atoms with Crippen molar-refractivity contribution >= 4 is 0 Å². The summed E-state index contributed by atoms with van der Waals surface area (Å²) in [6.45, 7) is -0.0381. The van der Waals surface area contributed by atoms with Crippen LogP contribution in [0.25, 0.3) is 0 Å². The summed E-state index contributed by atoms with van der Waals surface area (Å²) in [6.07, 6.45) is 3.73. The fourth-order valence-electron chi connectivity index (χ4n) is 3.13. The fourth-order valence-corrected chi connectivity index (χ4v) is 3.13. The number of hydrogen-bond donors (Lipinski definition) is 1. The standard InChI is InChI=1S/C16H21F2NO2/c1-10(12-4-2-3-5-14(12)21-16(17)18)19-13-8-9-20-15(13)11-6-7-11/h2-5,10-11,13,15-16,19H,6-9H2,1H3. The van der Waals surface area contributed by atoms with Crippen LogP contribution in [0, 0.1) is 5.92 Å². The van der Waals surface area contributed by atoms with Crippen molar-refractivity contribution in [2.45, 2.75) is 51.0 Å². The Bertz CT molecular complexity index is 479. The fraction of sp³-hybridized carbons (Fsp3) is 0.625. The van der Waals surface area contributed by atoms with Crippen molar-refractivity contribution < 1.29 is 18.3 Å². The van der Waals surface area contributed by atoms with E-state index in [0.717, 1.165) is 18.6 Å². The predicted octanol–water partition coefficient (Wildman–Crippen LogP) is 3.51. The Morgan fingerprint density at radius 2 is 2.00 bits per heavy atom. The van der Waals surface area contributed by atoms with E-state index in [-0.39, 0.29) is 17.9 Å². The molecule has 2 fully saturated rings. The highest BCUT2D eigenvalue weighted by atomic mass is 19.3. The molecule has 1 aromatic rings. The summed E-state index contributed by atoms with van der Waals surface area (Å²) in [7, 11) is 0. The molecule has 1 saturated carbocycles. The normalized spacial score (nSPS) is 27.0. The largest absolute Gasteiger partial charge is 0.434 e. The first-order chi connectivity index (χ1) is 10.1. The van der Waals surface area contributed by atoms with Crippen molar-refractivity contribution in [2.75, 3.05) is 6.61 Å². The molecule has 1 saturated heterocycles. The van der Waals surface area contributed by atoms with E-state index in [4.69, 9.17) is 4.74 Å². The van der Waals surface area contributed by atoms with Crippen molar-refractivity contribution in [1.82, 2.24) is 5.32 Å². The number of benzene rings is 1. The zero-order valence-corrected chi connectivity index (χ0v) is 12.1. The van der Waals surface area contributed by atoms with Gasteiger partial charge in [-0.15, -0.1) is 0 Å². The smallest absolute Gasteiger partial charge is 0.387 e. The van der Waals surface area contributed by atoms with E-state index in [2.05, 4.69) is 10.1 Å². The molecule has 1 aromatic carbocycles. The van der Waals surface area contributed by atoms with Gasteiger partial charge in [0.25, 0.3) is 0 Å². The summed E-state index contributed by atoms with van der Waals surface area (Å²) >= 11 is 0. The second kappa shape index (κ2) is 6.28. The molecule has 3 rings (SSSR count). The van der Waals surface area contributed by atoms with Crippen LogP contribution in [0.4, 0.5) is 8.78 Å². The van der Waals surface area contributed by atoms with E-state index in [1.807, 2.05) is 19.1 Å². The number of nitrogens with one attached hydrogen (secondary N) is 1. The summed E-state index contributed by atoms with van der Waals surface area (Å²) in [4.78, 5) is 0. The van der Waals surface area contributed by atoms with Crippen LogP contribution >= 0.6 is 0 Å². The second-order valence-corrected chi connectivity index (χ2v) is 5.87. The van der Waals surface area contributed by atoms with E-state index in [1.165, 1.54) is 12.8 Å². The van der Waals surface area contributed by atoms with Gasteiger partial charge in [0.1, 0.15) is 5.75 Å². The lowest BCUT2D eigenvalue weighted by molar-refractivity contribution is -0.0507. The molecule has 3 nitrogen and oxygen atoms in total. The van der Waals surface area contributed by atoms with Crippen molar-refractivity contribution in [3.8, 4) is 5.75 Å². The van der Waals surface area contributed by atoms with Gasteiger partial charge in [0.15, 0.2) is 0 Å². The molecule has 1 aliphatic heterocycles. The van der Waals surface area contributed by atoms with Gasteiger partial charge < -0.3 is 14.8 Å². The first-order valence-corrected chi connectivity index (χ1v) is 7.56. The third-order valence-electron chi connectivity index (χ3n) is 4.29. The Hall–Kier alpha value is -1.20. The zero-order valence-electron chi connectivity index (χ0n) is 12.1. The van der Waals surface area contributed by atoms with Crippen LogP contribution in [0.15, 0.2) is 24.3 Å². The van der Waals surface area contributed by atoms with Gasteiger partial charge in [-0.1, -0.05) is 18.2 Å². The van der Waals surface area contributed by atoms with E-state index in [0.29, 0.717) is 12.0 Å². The third-order valence-corrected chi connectivity index (χ3v) is 4.29. The van der Waals surface area contributed by atoms with Crippen LogP contribution in [0.1, 0.15) is 37.8 Å². The molecule has 1 aliphatic carbocycles. The third kappa shape index (κ3) is 3.52. The minimum atomic E-state index is -2.80. The van der Waals surface area contributed by atoms with Crippen LogP contribution in [-0.4, -0.2) is 25.4 Å². The SMILES string of the molecule is CC(NC1CCOC1C1CC1)c1ccccc1OC(F)F. The van der Waals surface area contributed by atoms with Gasteiger partial charge in [-0.05, 0) is 38.2 Å². The highest BCUT2D eigenvalue weighted by molar-refractivity contribution is 5.35. The second-order valence-electron chi connectivity index (χ2n) is 5.87. The monoisotopic (exact) mass is 297 g/mol. The average Bonchev–Trinajstić information content (AvgIpc) is 3.19. The maximum Gasteiger partial charge on any atom is 0.387 e. The lowest BCUT2D eigenvalue weighted by Gasteiger charge is -2.25. The molecule has 21 heavy (non-hydrogen) atoms. The van der Waals surface area contributed by atoms with Crippen molar-refractivity contribution in [1.29, 1.82) is 0 Å². The molecule has 1 heterocycles. The summed E-state index contributed by atoms with van der Waals surface area (Å²) in [5, 5.41) is 3.53. The van der Waals surface area contributed by atoms with E-state index >= 15 is 0 Å². The molecule has 0 bridgehead atoms. The maximum absolute atomic E-state index is 12.5. The molecule has 2 aliphatic rings. The molecule has 3 unspecified atom stereocenters. The van der Waals surface area contributed by atoms with Gasteiger partial charge in [-0.2, -0.15) is 8.78 Å². The summed E-state index contributed by atoms with van der Waals surface area (Å²) in [6, 6.07) is 7.22. The van der Waals surface area contributed by atoms with Gasteiger partial charge >= 0.3 is 6.61 Å². The molecule has 0 radical (unpaired) electrons. The average molecular weight is 297 g/mol. The molecule has 0 spiro atoms. The molecule has 5 heteroatoms. The zero-order chi connectivity index (χ0) is 14.8. The van der Waals surface area contributed by atoms with Crippen LogP contribution in [0.2, 0.25) is 0 Å². The van der Waals surface area contributed by atoms with E-state index in [9.17, 15) is 8.78 Å². The topological polar surface area (TPSA) is 30.5 Å². The Balaban J connectivity index is 1.68. The van der Waals surface area contributed by atoms with Crippen molar-refractivity contribution in [2.24, 2.45) is 5.92 Å². The molecule has 0 amide bonds. The summed E-state index contributed by atoms with van der Waals surface area (Å²) in [5.74, 6) is 0.916. The Morgan fingerprint density at radius 3 is 2.71 bits per heavy atom. The van der Waals surface area contributed by atoms with Crippen LogP contribution < -0.4 is 10.1 Å². The Kier molecular flexibility index (Phi) is 4.40. The van der Waals surface area contributed by atoms with Gasteiger partial charge in [0.2, 0.25) is 0 Å². The first kappa shape index (κ1) is 14.7. The molecule has 1 N–H and O–H groups in total. The number of rotatable bonds is 6. The predicted molar refractivity (Wildman–Crippen MR) is 75.5 cm³/mol. The minimum Gasteiger partial charge on any atom is -0.434 e. The number of alkyl halides is 2. The quantitative estimate of drug-likeness (QED) is 0.871. The number of halogens is 2. The lowest BCUT2D eigenvalue weighted by atomic mass is 10.0. The Labute approximate surface area is 123 Å². The van der Waals surface area contributed by atoms with Gasteiger partial charge in [0, 0.05) is 24.3 Å². The number of ether oxygens (including phenoxy) is 2. The van der Waals surface area contributed by atoms with E-state index in [1.54, 1.807) is 12.1 Å². The maximum atomic E-state index is 12.5. The van der Waals surface area contributed by atoms with Gasteiger partial charge in [-0.3, -0.25) is 0 Å². The van der Waals surface area contributed by atoms with Crippen molar-refractivity contribution in [3.63, 3.8) is 0 Å². The minimum absolute atomic E-state index is 0.0482. The Morgan fingerprint density at radius 1 is 1.24 bits per heavy atom. The molecular formula is C16H21F2NO2. The van der Waals surface area contributed by atoms with Crippen molar-refractivity contribution in [3.05, 3.63) is 29.8 Å². The van der Waals surface area contributed by atoms with E-state index < -0.39 is 6.61 Å². The number of para-hydroxylation sites is 1. The van der Waals surface area contributed by atoms with Gasteiger partial charge in [-0.25, -0.2) is 0 Å². The molecule has 116 valence electrons. The molecule has 0 aromatic heterocycles. The lowest BCUT2D eigenvalue weighted by Crippen LogP contribution is -2.39. The van der Waals surface area contributed by atoms with Crippen LogP contribution in [0.3, 0.4) is 0 Å². The summed E-state index contributed by atoms with van der Waals surface area (Å²) in [5.41, 5.74) is 0.763. The molecular weight excluding hydrogens is 276 g/mol. The number of hydrogen-bond acceptors (Lipinski definition) is 3. The van der Waals surface area contributed by atoms with Crippen LogP contribution in [-0.2, 0) is 4.74 Å².